The minimum atomic E-state index is -3.37. The first-order chi connectivity index (χ1) is 31.5. The molecule has 2 aromatic heterocycles. The Kier molecular flexibility index (Phi) is 24.0. The van der Waals surface area contributed by atoms with Gasteiger partial charge in [-0.25, -0.2) is 17.8 Å². The van der Waals surface area contributed by atoms with E-state index in [-0.39, 0.29) is 33.3 Å². The predicted molar refractivity (Wildman–Crippen MR) is 270 cm³/mol. The van der Waals surface area contributed by atoms with E-state index in [1.54, 1.807) is 40.3 Å². The van der Waals surface area contributed by atoms with Crippen molar-refractivity contribution in [2.75, 3.05) is 49.3 Å². The molecule has 2 saturated heterocycles. The molecule has 5 atom stereocenters. The Morgan fingerprint density at radius 1 is 0.716 bits per heavy atom. The summed E-state index contributed by atoms with van der Waals surface area (Å²) in [6, 6.07) is 30.3. The van der Waals surface area contributed by atoms with Crippen LogP contribution in [0.25, 0.3) is 0 Å². The minimum absolute atomic E-state index is 0.209. The average Bonchev–Trinajstić information content (AvgIpc) is 3.30. The molecule has 3 aromatic carbocycles. The summed E-state index contributed by atoms with van der Waals surface area (Å²) in [5, 5.41) is 27.4. The molecule has 4 N–H and O–H groups in total. The van der Waals surface area contributed by atoms with Gasteiger partial charge in [-0.3, -0.25) is 18.7 Å². The number of benzene rings is 3. The molecule has 2 aliphatic heterocycles. The van der Waals surface area contributed by atoms with Gasteiger partial charge < -0.3 is 21.1 Å². The highest BCUT2D eigenvalue weighted by atomic mass is 35.7. The Morgan fingerprint density at radius 3 is 1.57 bits per heavy atom. The quantitative estimate of drug-likeness (QED) is 0.0800. The molecule has 0 aliphatic carbocycles. The van der Waals surface area contributed by atoms with Gasteiger partial charge >= 0.3 is 0 Å². The van der Waals surface area contributed by atoms with Crippen molar-refractivity contribution in [3.63, 3.8) is 0 Å². The lowest BCUT2D eigenvalue weighted by Gasteiger charge is -2.37. The van der Waals surface area contributed by atoms with Crippen molar-refractivity contribution < 1.29 is 26.1 Å². The fourth-order valence-corrected chi connectivity index (χ4v) is 7.92. The van der Waals surface area contributed by atoms with Crippen LogP contribution in [-0.2, 0) is 37.4 Å². The maximum Gasteiger partial charge on any atom is 0.287 e. The number of hydrogen-bond acceptors (Lipinski definition) is 14. The summed E-state index contributed by atoms with van der Waals surface area (Å²) in [4.78, 5) is 25.9. The third kappa shape index (κ3) is 21.6. The molecule has 2 aliphatic rings. The number of nitrogens with zero attached hydrogens (tertiary/aromatic N) is 5. The Balaban J connectivity index is 0.000000241. The molecule has 16 nitrogen and oxygen atoms in total. The summed E-state index contributed by atoms with van der Waals surface area (Å²) >= 11 is 12.1. The van der Waals surface area contributed by atoms with Crippen LogP contribution in [-0.4, -0.2) is 97.2 Å². The molecule has 368 valence electrons. The molecule has 2 fully saturated rings. The first kappa shape index (κ1) is 57.0. The SMILES string of the molecule is CS(=O)(=O)Cl.C[C@H](O)c1ccccc1.C[C@H](OS(C)(=O)=O)c1ccccc1.C[C@H](c1ccccc1)N1CCCC(Nc2cnn(C)c(=O)c2Cl)C1.Cn1ncc(NC2CCCNC2)c(Cl)c1=O. The smallest absolute Gasteiger partial charge is 0.287 e. The van der Waals surface area contributed by atoms with Crippen molar-refractivity contribution in [2.24, 2.45) is 14.1 Å². The summed E-state index contributed by atoms with van der Waals surface area (Å²) in [6.07, 6.45) is 8.82. The van der Waals surface area contributed by atoms with Crippen molar-refractivity contribution in [1.29, 1.82) is 0 Å². The maximum atomic E-state index is 11.9. The lowest BCUT2D eigenvalue weighted by molar-refractivity contribution is 0.165. The molecule has 0 bridgehead atoms. The largest absolute Gasteiger partial charge is 0.389 e. The van der Waals surface area contributed by atoms with Gasteiger partial charge in [0.2, 0.25) is 9.05 Å². The highest BCUT2D eigenvalue weighted by molar-refractivity contribution is 8.13. The number of anilines is 2. The van der Waals surface area contributed by atoms with Crippen LogP contribution in [0.5, 0.6) is 0 Å². The second-order valence-electron chi connectivity index (χ2n) is 16.0. The van der Waals surface area contributed by atoms with E-state index < -0.39 is 25.3 Å². The maximum absolute atomic E-state index is 11.9. The molecular weight excluding hydrogens is 963 g/mol. The van der Waals surface area contributed by atoms with Gasteiger partial charge in [0.25, 0.3) is 21.2 Å². The van der Waals surface area contributed by atoms with Gasteiger partial charge in [0.15, 0.2) is 0 Å². The van der Waals surface area contributed by atoms with E-state index >= 15 is 0 Å². The summed E-state index contributed by atoms with van der Waals surface area (Å²) < 4.78 is 47.7. The second-order valence-corrected chi connectivity index (χ2v) is 21.4. The normalized spacial score (nSPS) is 17.4. The third-order valence-corrected chi connectivity index (χ3v) is 11.7. The Bertz CT molecular complexity index is 2580. The highest BCUT2D eigenvalue weighted by Crippen LogP contribution is 2.27. The molecular formula is C46H63Cl3N8O8S2. The zero-order chi connectivity index (χ0) is 49.7. The average molecular weight is 1030 g/mol. The fraction of sp³-hybridized carbons (Fsp3) is 0.435. The van der Waals surface area contributed by atoms with Crippen LogP contribution >= 0.6 is 33.9 Å². The molecule has 0 spiro atoms. The van der Waals surface area contributed by atoms with Crippen molar-refractivity contribution >= 4 is 64.4 Å². The van der Waals surface area contributed by atoms with E-state index in [1.165, 1.54) is 14.9 Å². The van der Waals surface area contributed by atoms with E-state index in [4.69, 9.17) is 32.5 Å². The lowest BCUT2D eigenvalue weighted by Crippen LogP contribution is -2.43. The van der Waals surface area contributed by atoms with Crippen molar-refractivity contribution in [1.82, 2.24) is 29.8 Å². The van der Waals surface area contributed by atoms with Gasteiger partial charge in [0, 0.05) is 56.0 Å². The Labute approximate surface area is 409 Å². The summed E-state index contributed by atoms with van der Waals surface area (Å²) in [7, 11) is 1.12. The Morgan fingerprint density at radius 2 is 1.15 bits per heavy atom. The van der Waals surface area contributed by atoms with Gasteiger partial charge in [-0.15, -0.1) is 0 Å². The number of piperidine rings is 2. The topological polar surface area (TPSA) is 207 Å². The number of aliphatic hydroxyl groups is 1. The molecule has 5 aromatic rings. The first-order valence-electron chi connectivity index (χ1n) is 21.6. The lowest BCUT2D eigenvalue weighted by atomic mass is 10.0. The van der Waals surface area contributed by atoms with E-state index in [1.807, 2.05) is 66.7 Å². The van der Waals surface area contributed by atoms with Gasteiger partial charge in [-0.1, -0.05) is 114 Å². The fourth-order valence-electron chi connectivity index (χ4n) is 6.83. The van der Waals surface area contributed by atoms with E-state index in [2.05, 4.69) is 72.9 Å². The highest BCUT2D eigenvalue weighted by Gasteiger charge is 2.25. The van der Waals surface area contributed by atoms with Gasteiger partial charge in [-0.2, -0.15) is 18.6 Å². The number of likely N-dealkylation sites (tertiary alicyclic amines) is 1. The minimum Gasteiger partial charge on any atom is -0.389 e. The molecule has 21 heteroatoms. The van der Waals surface area contributed by atoms with Crippen LogP contribution in [0.15, 0.2) is 113 Å². The molecule has 2 unspecified atom stereocenters. The van der Waals surface area contributed by atoms with E-state index in [0.717, 1.165) is 75.5 Å². The number of aromatic nitrogens is 4. The predicted octanol–water partition coefficient (Wildman–Crippen LogP) is 7.32. The molecule has 4 heterocycles. The number of nitrogens with one attached hydrogen (secondary N) is 3. The van der Waals surface area contributed by atoms with Crippen molar-refractivity contribution in [2.45, 2.75) is 76.8 Å². The zero-order valence-electron chi connectivity index (χ0n) is 38.8. The number of hydrogen-bond donors (Lipinski definition) is 4. The standard InChI is InChI=1S/C18H23ClN4O.C10H15ClN4O.C9H12O3S.C8H10O.CH3ClO2S/c1-13(14-7-4-3-5-8-14)23-10-6-9-15(12-23)21-16-11-20-22(2)18(24)17(16)19;1-15-10(16)9(11)8(6-13-15)14-7-3-2-4-12-5-7;1-8(12-13(2,10)11)9-6-4-3-5-7-9;1-7(9)8-5-3-2-4-6-8;1-5(2,3)4/h3-5,7-8,11,13,15,21H,6,9-10,12H2,1-2H3;6-7,12,14H,2-5H2,1H3;3-8H,1-2H3;2-7,9H,1H3;1H3/t13-,15?;;8-;7-;/m1.00./s1. The summed E-state index contributed by atoms with van der Waals surface area (Å²) in [6.45, 7) is 9.65. The van der Waals surface area contributed by atoms with Gasteiger partial charge in [0.05, 0.1) is 48.5 Å². The molecule has 0 saturated carbocycles. The second kappa shape index (κ2) is 28.2. The van der Waals surface area contributed by atoms with Crippen molar-refractivity contribution in [3.8, 4) is 0 Å². The van der Waals surface area contributed by atoms with Crippen molar-refractivity contribution in [3.05, 3.63) is 151 Å². The van der Waals surface area contributed by atoms with Crippen LogP contribution in [0, 0.1) is 0 Å². The van der Waals surface area contributed by atoms with Crippen LogP contribution in [0.1, 0.15) is 81.4 Å². The third-order valence-electron chi connectivity index (χ3n) is 10.3. The molecule has 0 amide bonds. The van der Waals surface area contributed by atoms with E-state index in [0.29, 0.717) is 23.5 Å². The summed E-state index contributed by atoms with van der Waals surface area (Å²) in [5.41, 5.74) is 3.86. The number of aryl methyl sites for hydroxylation is 2. The van der Waals surface area contributed by atoms with Crippen LogP contribution in [0.3, 0.4) is 0 Å². The molecule has 7 rings (SSSR count). The number of aliphatic hydroxyl groups excluding tert-OH is 1. The number of halogens is 3. The number of rotatable bonds is 10. The monoisotopic (exact) mass is 1020 g/mol. The van der Waals surface area contributed by atoms with Gasteiger partial charge in [0.1, 0.15) is 10.0 Å². The van der Waals surface area contributed by atoms with Crippen LogP contribution in [0.2, 0.25) is 10.0 Å². The Hall–Kier alpha value is -4.37. The van der Waals surface area contributed by atoms with E-state index in [9.17, 15) is 26.4 Å². The van der Waals surface area contributed by atoms with Crippen LogP contribution in [0.4, 0.5) is 11.4 Å². The molecule has 67 heavy (non-hydrogen) atoms. The summed E-state index contributed by atoms with van der Waals surface area (Å²) in [5.74, 6) is 0. The molecule has 0 radical (unpaired) electrons. The van der Waals surface area contributed by atoms with Gasteiger partial charge in [-0.05, 0) is 76.2 Å². The first-order valence-corrected chi connectivity index (χ1v) is 26.8. The zero-order valence-corrected chi connectivity index (χ0v) is 42.8. The van der Waals surface area contributed by atoms with Crippen LogP contribution < -0.4 is 27.1 Å².